The Kier molecular flexibility index (Phi) is 5.60. The van der Waals surface area contributed by atoms with Crippen LogP contribution in [0.1, 0.15) is 19.3 Å². The second kappa shape index (κ2) is 6.77. The van der Waals surface area contributed by atoms with Crippen molar-refractivity contribution in [1.29, 1.82) is 0 Å². The zero-order valence-corrected chi connectivity index (χ0v) is 11.4. The molecule has 2 heteroatoms. The molecule has 0 aliphatic heterocycles. The maximum absolute atomic E-state index is 8.99. The molecule has 0 heterocycles. The molecule has 0 spiro atoms. The Hall–Kier alpha value is 0.479. The zero-order chi connectivity index (χ0) is 11.7. The first-order valence-corrected chi connectivity index (χ1v) is 6.45. The molecule has 0 saturated heterocycles. The van der Waals surface area contributed by atoms with Gasteiger partial charge in [-0.3, -0.25) is 0 Å². The zero-order valence-electron chi connectivity index (χ0n) is 10.3. The van der Waals surface area contributed by atoms with Gasteiger partial charge in [0.2, 0.25) is 0 Å². The van der Waals surface area contributed by atoms with Gasteiger partial charge in [-0.15, -0.1) is 0 Å². The van der Waals surface area contributed by atoms with E-state index in [-0.39, 0.29) is 23.7 Å². The van der Waals surface area contributed by atoms with Crippen molar-refractivity contribution in [3.8, 4) is 0 Å². The third kappa shape index (κ3) is 2.97. The van der Waals surface area contributed by atoms with Gasteiger partial charge in [-0.05, 0) is 87.9 Å². The molecule has 4 saturated carbocycles. The normalized spacial score (nSPS) is 35.2. The van der Waals surface area contributed by atoms with Crippen LogP contribution in [0.3, 0.4) is 0 Å². The van der Waals surface area contributed by atoms with Gasteiger partial charge in [-0.2, -0.15) is 0 Å². The van der Waals surface area contributed by atoms with E-state index in [1.165, 1.54) is 19.3 Å². The minimum atomic E-state index is 0. The topological polar surface area (TPSA) is 20.2 Å². The number of hydrogen-bond donors (Lipinski definition) is 1. The Morgan fingerprint density at radius 1 is 0.889 bits per heavy atom. The number of aliphatic hydroxyl groups excluding tert-OH is 1. The molecule has 2 atom stereocenters. The number of aliphatic hydroxyl groups is 1. The summed E-state index contributed by atoms with van der Waals surface area (Å²) in [6.45, 7) is 0.215. The van der Waals surface area contributed by atoms with E-state index in [4.69, 9.17) is 5.11 Å². The summed E-state index contributed by atoms with van der Waals surface area (Å²) in [7, 11) is 0. The van der Waals surface area contributed by atoms with Crippen LogP contribution in [0, 0.1) is 74.5 Å². The predicted molar refractivity (Wildman–Crippen MR) is 67.7 cm³/mol. The van der Waals surface area contributed by atoms with Gasteiger partial charge >= 0.3 is 0 Å². The van der Waals surface area contributed by atoms with Gasteiger partial charge in [0.15, 0.2) is 0 Å². The van der Waals surface area contributed by atoms with Crippen molar-refractivity contribution in [2.75, 3.05) is 6.61 Å². The minimum absolute atomic E-state index is 0. The van der Waals surface area contributed by atoms with Gasteiger partial charge in [0.1, 0.15) is 0 Å². The molecule has 2 bridgehead atoms. The second-order valence-electron chi connectivity index (χ2n) is 5.10. The summed E-state index contributed by atoms with van der Waals surface area (Å²) in [5.74, 6) is 5.90. The van der Waals surface area contributed by atoms with Crippen molar-refractivity contribution >= 4 is 0 Å². The summed E-state index contributed by atoms with van der Waals surface area (Å²) in [5.41, 5.74) is 0. The minimum Gasteiger partial charge on any atom is -0.396 e. The Morgan fingerprint density at radius 3 is 1.72 bits per heavy atom. The summed E-state index contributed by atoms with van der Waals surface area (Å²) in [6, 6.07) is 0. The largest absolute Gasteiger partial charge is 0.396 e. The average molecular weight is 282 g/mol. The number of fused-ring (bicyclic) bond motifs is 5. The molecule has 18 heavy (non-hydrogen) atoms. The van der Waals surface area contributed by atoms with Gasteiger partial charge in [-0.25, -0.2) is 0 Å². The van der Waals surface area contributed by atoms with Gasteiger partial charge < -0.3 is 5.11 Å². The Bertz CT molecular complexity index is 226. The molecule has 0 amide bonds. The summed E-state index contributed by atoms with van der Waals surface area (Å²) in [4.78, 5) is 0. The maximum Gasteiger partial charge on any atom is 0.0499 e. The van der Waals surface area contributed by atoms with Crippen LogP contribution in [0.5, 0.6) is 0 Å². The fourth-order valence-corrected chi connectivity index (χ4v) is 3.27. The first-order valence-electron chi connectivity index (χ1n) is 6.45. The van der Waals surface area contributed by atoms with Crippen LogP contribution < -0.4 is 0 Å². The van der Waals surface area contributed by atoms with Gasteiger partial charge in [0, 0.05) is 29.6 Å². The van der Waals surface area contributed by atoms with Crippen LogP contribution in [0.25, 0.3) is 0 Å². The van der Waals surface area contributed by atoms with Crippen LogP contribution in [0.2, 0.25) is 0 Å². The number of rotatable bonds is 1. The Labute approximate surface area is 123 Å². The molecule has 4 fully saturated rings. The van der Waals surface area contributed by atoms with Crippen molar-refractivity contribution in [2.45, 2.75) is 19.3 Å². The maximum atomic E-state index is 8.99. The summed E-state index contributed by atoms with van der Waals surface area (Å²) < 4.78 is 0. The van der Waals surface area contributed by atoms with Gasteiger partial charge in [0.05, 0.1) is 0 Å². The Morgan fingerprint density at radius 2 is 1.33 bits per heavy atom. The van der Waals surface area contributed by atoms with Crippen LogP contribution in [-0.4, -0.2) is 11.7 Å². The predicted octanol–water partition coefficient (Wildman–Crippen LogP) is 2.57. The van der Waals surface area contributed by atoms with E-state index in [0.717, 1.165) is 17.8 Å². The molecule has 1 N–H and O–H groups in total. The molecule has 4 rings (SSSR count). The Balaban J connectivity index is 0.000000172. The summed E-state index contributed by atoms with van der Waals surface area (Å²) in [6.07, 6.45) is 18.6. The second-order valence-corrected chi connectivity index (χ2v) is 5.10. The fourth-order valence-electron chi connectivity index (χ4n) is 3.27. The molecule has 96 valence electrons. The molecular formula is C16H18FeO. The molecule has 1 nitrogen and oxygen atoms in total. The summed E-state index contributed by atoms with van der Waals surface area (Å²) in [5, 5.41) is 8.99. The van der Waals surface area contributed by atoms with E-state index in [1.54, 1.807) is 11.8 Å². The van der Waals surface area contributed by atoms with E-state index >= 15 is 0 Å². The molecule has 2 unspecified atom stereocenters. The SMILES string of the molecule is OC[C]1[CH][C]2[C]([CH]1)C1CCC2C1.[CH]1[CH][CH][CH][CH]1.[Fe]. The first kappa shape index (κ1) is 14.9. The van der Waals surface area contributed by atoms with Crippen molar-refractivity contribution in [1.82, 2.24) is 0 Å². The van der Waals surface area contributed by atoms with E-state index in [1.807, 2.05) is 32.1 Å². The van der Waals surface area contributed by atoms with Gasteiger partial charge in [-0.1, -0.05) is 0 Å². The fraction of sp³-hybridized carbons (Fsp3) is 0.375. The van der Waals surface area contributed by atoms with Crippen LogP contribution >= 0.6 is 0 Å². The monoisotopic (exact) mass is 282 g/mol. The van der Waals surface area contributed by atoms with Crippen molar-refractivity contribution < 1.29 is 22.2 Å². The van der Waals surface area contributed by atoms with Crippen LogP contribution in [0.4, 0.5) is 0 Å². The molecule has 0 aromatic rings. The third-order valence-electron chi connectivity index (χ3n) is 4.07. The van der Waals surface area contributed by atoms with Crippen LogP contribution in [0.15, 0.2) is 0 Å². The molecule has 4 aliphatic carbocycles. The average Bonchev–Trinajstić information content (AvgIpc) is 3.12. The molecule has 0 aromatic carbocycles. The van der Waals surface area contributed by atoms with Crippen molar-refractivity contribution in [2.24, 2.45) is 11.8 Å². The molecule has 10 radical (unpaired) electrons. The van der Waals surface area contributed by atoms with Gasteiger partial charge in [0.25, 0.3) is 0 Å². The first-order chi connectivity index (χ1) is 8.38. The molecule has 0 aromatic heterocycles. The molecule has 4 aliphatic rings. The number of hydrogen-bond acceptors (Lipinski definition) is 1. The third-order valence-corrected chi connectivity index (χ3v) is 4.07. The van der Waals surface area contributed by atoms with E-state index in [2.05, 4.69) is 12.8 Å². The standard InChI is InChI=1S/C11H13O.C5H5.Fe/c12-6-7-3-10-8-1-2-9(5-8)11(10)4-7;1-2-4-5-3-1;/h3-4,8-9,12H,1-2,5-6H2;1-5H;. The smallest absolute Gasteiger partial charge is 0.0499 e. The van der Waals surface area contributed by atoms with E-state index < -0.39 is 0 Å². The quantitative estimate of drug-likeness (QED) is 0.733. The molecular weight excluding hydrogens is 264 g/mol. The summed E-state index contributed by atoms with van der Waals surface area (Å²) >= 11 is 0. The van der Waals surface area contributed by atoms with E-state index in [9.17, 15) is 0 Å². The van der Waals surface area contributed by atoms with Crippen LogP contribution in [-0.2, 0) is 17.1 Å². The van der Waals surface area contributed by atoms with Crippen molar-refractivity contribution in [3.05, 3.63) is 62.7 Å². The van der Waals surface area contributed by atoms with Crippen molar-refractivity contribution in [3.63, 3.8) is 0 Å². The van der Waals surface area contributed by atoms with E-state index in [0.29, 0.717) is 0 Å².